The summed E-state index contributed by atoms with van der Waals surface area (Å²) in [5.74, 6) is -5.01. The van der Waals surface area contributed by atoms with Crippen molar-refractivity contribution >= 4 is 28.9 Å². The SMILES string of the molecule is C[NH+](C)CCCNC(=S)NCC(=O)Nc1ccc(F)c(F)c1F. The highest BCUT2D eigenvalue weighted by atomic mass is 32.1. The first-order valence-corrected chi connectivity index (χ1v) is 7.46. The van der Waals surface area contributed by atoms with Gasteiger partial charge in [0.2, 0.25) is 5.91 Å². The zero-order valence-corrected chi connectivity index (χ0v) is 13.8. The van der Waals surface area contributed by atoms with E-state index in [1.54, 1.807) is 0 Å². The molecule has 4 N–H and O–H groups in total. The molecule has 5 nitrogen and oxygen atoms in total. The second kappa shape index (κ2) is 9.31. The van der Waals surface area contributed by atoms with Gasteiger partial charge in [-0.25, -0.2) is 13.2 Å². The van der Waals surface area contributed by atoms with E-state index in [0.29, 0.717) is 11.7 Å². The number of thiocarbonyl (C=S) groups is 1. The van der Waals surface area contributed by atoms with Crippen LogP contribution in [0.2, 0.25) is 0 Å². The molecule has 0 aliphatic rings. The summed E-state index contributed by atoms with van der Waals surface area (Å²) in [4.78, 5) is 13.0. The summed E-state index contributed by atoms with van der Waals surface area (Å²) < 4.78 is 39.2. The summed E-state index contributed by atoms with van der Waals surface area (Å²) in [6.07, 6.45) is 0.913. The molecule has 0 spiro atoms. The molecule has 1 amide bonds. The molecule has 0 aliphatic carbocycles. The first-order valence-electron chi connectivity index (χ1n) is 7.05. The standard InChI is InChI=1S/C14H19F3N4OS/c1-21(2)7-3-6-18-14(23)19-8-11(22)20-10-5-4-9(15)12(16)13(10)17/h4-5H,3,6-8H2,1-2H3,(H,20,22)(H2,18,19,23)/p+1. The molecule has 0 radical (unpaired) electrons. The van der Waals surface area contributed by atoms with Crippen molar-refractivity contribution in [1.82, 2.24) is 10.6 Å². The second-order valence-electron chi connectivity index (χ2n) is 5.19. The van der Waals surface area contributed by atoms with E-state index in [2.05, 4.69) is 16.0 Å². The van der Waals surface area contributed by atoms with Gasteiger partial charge in [0.1, 0.15) is 0 Å². The van der Waals surface area contributed by atoms with Crippen molar-refractivity contribution in [3.05, 3.63) is 29.6 Å². The molecule has 0 aliphatic heterocycles. The molecule has 23 heavy (non-hydrogen) atoms. The number of amides is 1. The van der Waals surface area contributed by atoms with E-state index in [0.717, 1.165) is 25.1 Å². The second-order valence-corrected chi connectivity index (χ2v) is 5.60. The number of nitrogens with one attached hydrogen (secondary N) is 4. The van der Waals surface area contributed by atoms with Crippen LogP contribution in [0, 0.1) is 17.5 Å². The zero-order valence-electron chi connectivity index (χ0n) is 12.9. The van der Waals surface area contributed by atoms with Crippen LogP contribution < -0.4 is 20.9 Å². The van der Waals surface area contributed by atoms with Gasteiger partial charge in [-0.15, -0.1) is 0 Å². The molecule has 1 aromatic rings. The molecular formula is C14H20F3N4OS+. The molecule has 0 unspecified atom stereocenters. The third kappa shape index (κ3) is 6.83. The van der Waals surface area contributed by atoms with Crippen LogP contribution in [0.15, 0.2) is 12.1 Å². The van der Waals surface area contributed by atoms with Crippen LogP contribution in [0.5, 0.6) is 0 Å². The topological polar surface area (TPSA) is 57.6 Å². The third-order valence-corrected chi connectivity index (χ3v) is 3.15. The first-order chi connectivity index (χ1) is 10.8. The molecule has 0 aromatic heterocycles. The van der Waals surface area contributed by atoms with Crippen LogP contribution in [0.4, 0.5) is 18.9 Å². The lowest BCUT2D eigenvalue weighted by atomic mass is 10.2. The molecule has 9 heteroatoms. The van der Waals surface area contributed by atoms with E-state index in [4.69, 9.17) is 12.2 Å². The average molecular weight is 349 g/mol. The summed E-state index contributed by atoms with van der Waals surface area (Å²) in [6, 6.07) is 1.69. The maximum atomic E-state index is 13.4. The lowest BCUT2D eigenvalue weighted by Crippen LogP contribution is -3.05. The number of anilines is 1. The Morgan fingerprint density at radius 1 is 1.17 bits per heavy atom. The highest BCUT2D eigenvalue weighted by Crippen LogP contribution is 2.19. The minimum Gasteiger partial charge on any atom is -0.363 e. The minimum atomic E-state index is -1.63. The Morgan fingerprint density at radius 3 is 2.52 bits per heavy atom. The molecule has 1 rings (SSSR count). The smallest absolute Gasteiger partial charge is 0.243 e. The average Bonchev–Trinajstić information content (AvgIpc) is 2.50. The van der Waals surface area contributed by atoms with Gasteiger partial charge in [-0.2, -0.15) is 0 Å². The summed E-state index contributed by atoms with van der Waals surface area (Å²) >= 11 is 4.99. The Kier molecular flexibility index (Phi) is 7.76. The van der Waals surface area contributed by atoms with Crippen molar-refractivity contribution in [3.8, 4) is 0 Å². The van der Waals surface area contributed by atoms with Gasteiger partial charge in [-0.3, -0.25) is 4.79 Å². The Labute approximate surface area is 138 Å². The van der Waals surface area contributed by atoms with E-state index in [9.17, 15) is 18.0 Å². The number of benzene rings is 1. The fraction of sp³-hybridized carbons (Fsp3) is 0.429. The normalized spacial score (nSPS) is 10.5. The number of carbonyl (C=O) groups is 1. The minimum absolute atomic E-state index is 0.219. The molecule has 0 atom stereocenters. The van der Waals surface area contributed by atoms with E-state index >= 15 is 0 Å². The van der Waals surface area contributed by atoms with Gasteiger partial charge in [0.15, 0.2) is 22.6 Å². The number of hydrogen-bond donors (Lipinski definition) is 4. The van der Waals surface area contributed by atoms with Gasteiger partial charge >= 0.3 is 0 Å². The van der Waals surface area contributed by atoms with Gasteiger partial charge in [0, 0.05) is 13.0 Å². The van der Waals surface area contributed by atoms with Gasteiger partial charge in [-0.05, 0) is 24.4 Å². The Morgan fingerprint density at radius 2 is 1.87 bits per heavy atom. The maximum absolute atomic E-state index is 13.4. The Balaban J connectivity index is 2.34. The van der Waals surface area contributed by atoms with Gasteiger partial charge in [-0.1, -0.05) is 0 Å². The van der Waals surface area contributed by atoms with Crippen LogP contribution in [0.3, 0.4) is 0 Å². The predicted molar refractivity (Wildman–Crippen MR) is 85.8 cm³/mol. The van der Waals surface area contributed by atoms with Crippen LogP contribution in [-0.2, 0) is 4.79 Å². The van der Waals surface area contributed by atoms with Crippen molar-refractivity contribution in [2.75, 3.05) is 39.0 Å². The number of hydrogen-bond acceptors (Lipinski definition) is 2. The number of halogens is 3. The molecule has 0 fully saturated rings. The van der Waals surface area contributed by atoms with Crippen molar-refractivity contribution in [3.63, 3.8) is 0 Å². The molecule has 0 saturated carbocycles. The van der Waals surface area contributed by atoms with E-state index in [-0.39, 0.29) is 6.54 Å². The zero-order chi connectivity index (χ0) is 17.4. The highest BCUT2D eigenvalue weighted by molar-refractivity contribution is 7.80. The number of quaternary nitrogens is 1. The fourth-order valence-electron chi connectivity index (χ4n) is 1.68. The lowest BCUT2D eigenvalue weighted by Gasteiger charge is -2.12. The van der Waals surface area contributed by atoms with E-state index in [1.165, 1.54) is 4.90 Å². The monoisotopic (exact) mass is 349 g/mol. The predicted octanol–water partition coefficient (Wildman–Crippen LogP) is 0.0411. The number of rotatable bonds is 7. The van der Waals surface area contributed by atoms with Crippen molar-refractivity contribution in [2.24, 2.45) is 0 Å². The van der Waals surface area contributed by atoms with Gasteiger partial charge in [0.25, 0.3) is 0 Å². The molecule has 0 bridgehead atoms. The quantitative estimate of drug-likeness (QED) is 0.319. The van der Waals surface area contributed by atoms with Gasteiger partial charge < -0.3 is 20.9 Å². The first kappa shape index (κ1) is 19.2. The molecule has 1 aromatic carbocycles. The molecule has 0 saturated heterocycles. The molecule has 0 heterocycles. The highest BCUT2D eigenvalue weighted by Gasteiger charge is 2.15. The van der Waals surface area contributed by atoms with E-state index < -0.39 is 29.0 Å². The summed E-state index contributed by atoms with van der Waals surface area (Å²) in [5, 5.41) is 8.01. The lowest BCUT2D eigenvalue weighted by molar-refractivity contribution is -0.858. The number of carbonyl (C=O) groups excluding carboxylic acids is 1. The summed E-state index contributed by atoms with van der Waals surface area (Å²) in [6.45, 7) is 1.42. The van der Waals surface area contributed by atoms with Crippen LogP contribution in [0.25, 0.3) is 0 Å². The molecular weight excluding hydrogens is 329 g/mol. The van der Waals surface area contributed by atoms with Crippen LogP contribution in [-0.4, -0.2) is 44.7 Å². The van der Waals surface area contributed by atoms with E-state index in [1.807, 2.05) is 14.1 Å². The maximum Gasteiger partial charge on any atom is 0.243 e. The Hall–Kier alpha value is -1.87. The molecule has 128 valence electrons. The summed E-state index contributed by atoms with van der Waals surface area (Å²) in [7, 11) is 4.08. The van der Waals surface area contributed by atoms with Crippen molar-refractivity contribution < 1.29 is 22.9 Å². The fourth-order valence-corrected chi connectivity index (χ4v) is 1.86. The third-order valence-electron chi connectivity index (χ3n) is 2.86. The Bertz CT molecular complexity index is 569. The van der Waals surface area contributed by atoms with Crippen LogP contribution >= 0.6 is 12.2 Å². The van der Waals surface area contributed by atoms with Crippen molar-refractivity contribution in [1.29, 1.82) is 0 Å². The van der Waals surface area contributed by atoms with Crippen molar-refractivity contribution in [2.45, 2.75) is 6.42 Å². The van der Waals surface area contributed by atoms with Crippen LogP contribution in [0.1, 0.15) is 6.42 Å². The largest absolute Gasteiger partial charge is 0.363 e. The summed E-state index contributed by atoms with van der Waals surface area (Å²) in [5.41, 5.74) is -0.427. The van der Waals surface area contributed by atoms with Gasteiger partial charge in [0.05, 0.1) is 32.9 Å².